The molecule has 1 aromatic rings. The zero-order valence-corrected chi connectivity index (χ0v) is 23.5. The van der Waals surface area contributed by atoms with E-state index in [-0.39, 0.29) is 29.8 Å². The lowest BCUT2D eigenvalue weighted by atomic mass is 9.76. The molecule has 3 rings (SSSR count). The lowest BCUT2D eigenvalue weighted by Crippen LogP contribution is -2.46. The van der Waals surface area contributed by atoms with Crippen molar-refractivity contribution < 1.29 is 19.4 Å². The zero-order chi connectivity index (χ0) is 27.0. The molecule has 3 atom stereocenters. The van der Waals surface area contributed by atoms with E-state index in [0.717, 1.165) is 74.8 Å². The van der Waals surface area contributed by atoms with Gasteiger partial charge in [-0.05, 0) is 61.3 Å². The quantitative estimate of drug-likeness (QED) is 0.330. The molecule has 2 aliphatic heterocycles. The van der Waals surface area contributed by atoms with Crippen LogP contribution in [0.15, 0.2) is 18.2 Å². The van der Waals surface area contributed by atoms with Gasteiger partial charge in [0.2, 0.25) is 5.91 Å². The Kier molecular flexibility index (Phi) is 10.8. The van der Waals surface area contributed by atoms with E-state index in [9.17, 15) is 14.7 Å². The number of benzene rings is 1. The van der Waals surface area contributed by atoms with Crippen molar-refractivity contribution in [3.8, 4) is 5.75 Å². The van der Waals surface area contributed by atoms with Crippen molar-refractivity contribution in [2.24, 2.45) is 17.1 Å². The Morgan fingerprint density at radius 1 is 1.16 bits per heavy atom. The number of ether oxygens (including phenoxy) is 1. The van der Waals surface area contributed by atoms with Gasteiger partial charge in [-0.1, -0.05) is 52.7 Å². The molecule has 0 aliphatic carbocycles. The van der Waals surface area contributed by atoms with E-state index < -0.39 is 11.9 Å². The van der Waals surface area contributed by atoms with Gasteiger partial charge in [0, 0.05) is 38.0 Å². The van der Waals surface area contributed by atoms with Crippen LogP contribution in [0.4, 0.5) is 0 Å². The molecule has 208 valence electrons. The van der Waals surface area contributed by atoms with E-state index >= 15 is 0 Å². The summed E-state index contributed by atoms with van der Waals surface area (Å²) in [6.07, 6.45) is 7.50. The summed E-state index contributed by atoms with van der Waals surface area (Å²) in [5.41, 5.74) is 7.90. The Hall–Kier alpha value is -2.12. The van der Waals surface area contributed by atoms with Gasteiger partial charge in [0.05, 0.1) is 19.1 Å². The van der Waals surface area contributed by atoms with Gasteiger partial charge < -0.3 is 20.5 Å². The largest absolute Gasteiger partial charge is 0.493 e. The third kappa shape index (κ3) is 7.70. The van der Waals surface area contributed by atoms with Gasteiger partial charge in [-0.3, -0.25) is 14.5 Å². The summed E-state index contributed by atoms with van der Waals surface area (Å²) in [6, 6.07) is 5.98. The first kappa shape index (κ1) is 29.4. The normalized spacial score (nSPS) is 21.6. The Balaban J connectivity index is 1.88. The number of rotatable bonds is 15. The van der Waals surface area contributed by atoms with Crippen LogP contribution in [0, 0.1) is 11.3 Å². The molecule has 3 N–H and O–H groups in total. The summed E-state index contributed by atoms with van der Waals surface area (Å²) >= 11 is 0. The molecule has 2 aliphatic rings. The number of nitrogens with zero attached hydrogens (tertiary/aromatic N) is 2. The summed E-state index contributed by atoms with van der Waals surface area (Å²) < 4.78 is 5.69. The second-order valence-electron chi connectivity index (χ2n) is 11.8. The topological polar surface area (TPSA) is 96.1 Å². The van der Waals surface area contributed by atoms with E-state index in [4.69, 9.17) is 10.5 Å². The van der Waals surface area contributed by atoms with Gasteiger partial charge in [-0.2, -0.15) is 0 Å². The molecule has 0 bridgehead atoms. The average molecular weight is 516 g/mol. The van der Waals surface area contributed by atoms with Gasteiger partial charge in [0.1, 0.15) is 5.75 Å². The second-order valence-corrected chi connectivity index (χ2v) is 11.8. The molecule has 7 nitrogen and oxygen atoms in total. The highest BCUT2D eigenvalue weighted by atomic mass is 16.5. The third-order valence-corrected chi connectivity index (χ3v) is 8.22. The van der Waals surface area contributed by atoms with Gasteiger partial charge in [-0.25, -0.2) is 0 Å². The molecule has 0 unspecified atom stereocenters. The summed E-state index contributed by atoms with van der Waals surface area (Å²) in [5, 5.41) is 10.5. The monoisotopic (exact) mass is 515 g/mol. The SMILES string of the molecule is CCCCN(CCCCN)C(=O)CN1C[C@H](c2ccc3c(c2)CCO3)[C@@H](C(=O)O)[C@@H]1CC(C)(C)CCC. The van der Waals surface area contributed by atoms with Gasteiger partial charge in [0.15, 0.2) is 0 Å². The highest BCUT2D eigenvalue weighted by Crippen LogP contribution is 2.44. The molecule has 0 radical (unpaired) electrons. The van der Waals surface area contributed by atoms with Crippen LogP contribution in [0.1, 0.15) is 89.7 Å². The van der Waals surface area contributed by atoms with Crippen LogP contribution in [0.2, 0.25) is 0 Å². The fourth-order valence-electron chi connectivity index (χ4n) is 6.30. The molecular weight excluding hydrogens is 466 g/mol. The summed E-state index contributed by atoms with van der Waals surface area (Å²) in [6.45, 7) is 12.4. The highest BCUT2D eigenvalue weighted by molar-refractivity contribution is 5.79. The Morgan fingerprint density at radius 3 is 2.59 bits per heavy atom. The number of hydrogen-bond donors (Lipinski definition) is 2. The van der Waals surface area contributed by atoms with E-state index in [0.29, 0.717) is 26.2 Å². The number of fused-ring (bicyclic) bond motifs is 1. The van der Waals surface area contributed by atoms with Crippen LogP contribution >= 0.6 is 0 Å². The summed E-state index contributed by atoms with van der Waals surface area (Å²) in [7, 11) is 0. The van der Waals surface area contributed by atoms with E-state index in [1.54, 1.807) is 0 Å². The first-order valence-electron chi connectivity index (χ1n) is 14.4. The summed E-state index contributed by atoms with van der Waals surface area (Å²) in [4.78, 5) is 30.6. The Bertz CT molecular complexity index is 903. The van der Waals surface area contributed by atoms with Crippen molar-refractivity contribution in [1.82, 2.24) is 9.80 Å². The maximum Gasteiger partial charge on any atom is 0.308 e. The number of carbonyl (C=O) groups is 2. The minimum Gasteiger partial charge on any atom is -0.493 e. The van der Waals surface area contributed by atoms with Crippen molar-refractivity contribution in [1.29, 1.82) is 0 Å². The fraction of sp³-hybridized carbons (Fsp3) is 0.733. The van der Waals surface area contributed by atoms with E-state index in [1.165, 1.54) is 0 Å². The van der Waals surface area contributed by atoms with Crippen LogP contribution in [-0.2, 0) is 16.0 Å². The number of unbranched alkanes of at least 4 members (excludes halogenated alkanes) is 2. The van der Waals surface area contributed by atoms with E-state index in [1.807, 2.05) is 17.0 Å². The van der Waals surface area contributed by atoms with Crippen molar-refractivity contribution in [2.45, 2.75) is 91.0 Å². The maximum absolute atomic E-state index is 13.6. The molecule has 1 fully saturated rings. The number of carboxylic acid groups (broad SMARTS) is 1. The van der Waals surface area contributed by atoms with Crippen molar-refractivity contribution in [3.63, 3.8) is 0 Å². The standard InChI is InChI=1S/C30H49N3O4/c1-5-7-15-32(16-9-8-14-31)27(34)21-33-20-24(22-10-11-26-23(18-22)12-17-37-26)28(29(35)36)25(33)19-30(3,4)13-6-2/h10-11,18,24-25,28H,5-9,12-17,19-21,31H2,1-4H3,(H,35,36)/t24-,25+,28-/m1/s1. The van der Waals surface area contributed by atoms with Gasteiger partial charge >= 0.3 is 5.97 Å². The molecular formula is C30H49N3O4. The predicted molar refractivity (Wildman–Crippen MR) is 148 cm³/mol. The highest BCUT2D eigenvalue weighted by Gasteiger charge is 2.48. The molecule has 7 heteroatoms. The molecule has 0 saturated carbocycles. The molecule has 2 heterocycles. The Labute approximate surface area is 223 Å². The number of carboxylic acids is 1. The van der Waals surface area contributed by atoms with Crippen LogP contribution in [0.3, 0.4) is 0 Å². The first-order valence-corrected chi connectivity index (χ1v) is 14.4. The second kappa shape index (κ2) is 13.6. The van der Waals surface area contributed by atoms with Crippen molar-refractivity contribution >= 4 is 11.9 Å². The average Bonchev–Trinajstić information content (AvgIpc) is 3.45. The number of nitrogens with two attached hydrogens (primary N) is 1. The minimum atomic E-state index is -0.764. The molecule has 37 heavy (non-hydrogen) atoms. The number of amides is 1. The van der Waals surface area contributed by atoms with Gasteiger partial charge in [-0.15, -0.1) is 0 Å². The van der Waals surface area contributed by atoms with E-state index in [2.05, 4.69) is 38.7 Å². The van der Waals surface area contributed by atoms with Crippen LogP contribution in [-0.4, -0.2) is 72.2 Å². The molecule has 0 aromatic heterocycles. The van der Waals surface area contributed by atoms with Crippen molar-refractivity contribution in [3.05, 3.63) is 29.3 Å². The predicted octanol–water partition coefficient (Wildman–Crippen LogP) is 4.67. The summed E-state index contributed by atoms with van der Waals surface area (Å²) in [5.74, 6) is -0.452. The molecule has 1 aromatic carbocycles. The molecule has 1 saturated heterocycles. The van der Waals surface area contributed by atoms with Crippen LogP contribution in [0.5, 0.6) is 5.75 Å². The molecule has 0 spiro atoms. The van der Waals surface area contributed by atoms with Crippen LogP contribution in [0.25, 0.3) is 0 Å². The smallest absolute Gasteiger partial charge is 0.308 e. The zero-order valence-electron chi connectivity index (χ0n) is 23.5. The lowest BCUT2D eigenvalue weighted by molar-refractivity contribution is -0.144. The molecule has 1 amide bonds. The van der Waals surface area contributed by atoms with Gasteiger partial charge in [0.25, 0.3) is 0 Å². The first-order chi connectivity index (χ1) is 17.7. The number of aliphatic carboxylic acids is 1. The minimum absolute atomic E-state index is 0.00188. The lowest BCUT2D eigenvalue weighted by Gasteiger charge is -2.35. The Morgan fingerprint density at radius 2 is 1.92 bits per heavy atom. The number of hydrogen-bond acceptors (Lipinski definition) is 5. The fourth-order valence-corrected chi connectivity index (χ4v) is 6.30. The third-order valence-electron chi connectivity index (χ3n) is 8.22. The maximum atomic E-state index is 13.6. The number of carbonyl (C=O) groups excluding carboxylic acids is 1. The van der Waals surface area contributed by atoms with Crippen molar-refractivity contribution in [2.75, 3.05) is 39.3 Å². The van der Waals surface area contributed by atoms with Crippen LogP contribution < -0.4 is 10.5 Å². The number of likely N-dealkylation sites (tertiary alicyclic amines) is 1.